The van der Waals surface area contributed by atoms with E-state index >= 15 is 0 Å². The second-order valence-electron chi connectivity index (χ2n) is 8.47. The van der Waals surface area contributed by atoms with E-state index in [1.165, 1.54) is 11.1 Å². The summed E-state index contributed by atoms with van der Waals surface area (Å²) in [4.78, 5) is 8.74. The number of nitrogens with zero attached hydrogens (tertiary/aromatic N) is 3. The van der Waals surface area contributed by atoms with Crippen LogP contribution in [0.5, 0.6) is 0 Å². The summed E-state index contributed by atoms with van der Waals surface area (Å²) in [5.74, 6) is 1.65. The molecule has 0 unspecified atom stereocenters. The molecular weight excluding hydrogens is 513 g/mol. The Hall–Kier alpha value is -4.79. The minimum atomic E-state index is -4.19. The van der Waals surface area contributed by atoms with Gasteiger partial charge in [-0.3, -0.25) is 4.98 Å². The number of hydrogen-bond acceptors (Lipinski definition) is 5. The first kappa shape index (κ1) is 31.4. The van der Waals surface area contributed by atoms with Gasteiger partial charge in [-0.1, -0.05) is 73.8 Å². The average molecular weight is 549 g/mol. The molecule has 0 bridgehead atoms. The fourth-order valence-corrected chi connectivity index (χ4v) is 3.24. The Labute approximate surface area is 234 Å². The number of aryl methyl sites for hydroxylation is 1. The second kappa shape index (κ2) is 16.2. The smallest absolute Gasteiger partial charge is 0.378 e. The van der Waals surface area contributed by atoms with Crippen molar-refractivity contribution in [1.29, 1.82) is 0 Å². The van der Waals surface area contributed by atoms with Gasteiger partial charge in [0.05, 0.1) is 5.70 Å². The summed E-state index contributed by atoms with van der Waals surface area (Å²) >= 11 is 0. The summed E-state index contributed by atoms with van der Waals surface area (Å²) in [5.41, 5.74) is 5.47. The molecule has 0 radical (unpaired) electrons. The zero-order valence-electron chi connectivity index (χ0n) is 22.7. The van der Waals surface area contributed by atoms with E-state index in [-0.39, 0.29) is 6.08 Å². The lowest BCUT2D eigenvalue weighted by atomic mass is 10.2. The molecule has 40 heavy (non-hydrogen) atoms. The van der Waals surface area contributed by atoms with Crippen molar-refractivity contribution in [3.8, 4) is 0 Å². The normalized spacial score (nSPS) is 10.1. The van der Waals surface area contributed by atoms with Gasteiger partial charge in [0.15, 0.2) is 5.82 Å². The molecule has 9 heteroatoms. The maximum absolute atomic E-state index is 10.7. The fraction of sp³-hybridized carbons (Fsp3) is 0.161. The SMILES string of the molecule is C=C(NCc1cccnc1)c1nc(NC)cn1Cc1ccccc1.C=CC(F)(F)F.C=CNc1ccc(C)cc1. The van der Waals surface area contributed by atoms with E-state index in [0.29, 0.717) is 6.54 Å². The molecule has 2 aromatic heterocycles. The highest BCUT2D eigenvalue weighted by Crippen LogP contribution is 2.17. The molecule has 0 fully saturated rings. The number of imidazole rings is 1. The molecular formula is C31H35F3N6. The van der Waals surface area contributed by atoms with Gasteiger partial charge in [0.2, 0.25) is 0 Å². The number of allylic oxidation sites excluding steroid dienone is 1. The molecule has 0 saturated carbocycles. The van der Waals surface area contributed by atoms with Crippen molar-refractivity contribution in [1.82, 2.24) is 19.9 Å². The largest absolute Gasteiger partial charge is 0.409 e. The average Bonchev–Trinajstić information content (AvgIpc) is 3.37. The van der Waals surface area contributed by atoms with Crippen molar-refractivity contribution in [3.05, 3.63) is 140 Å². The van der Waals surface area contributed by atoms with Gasteiger partial charge < -0.3 is 20.5 Å². The lowest BCUT2D eigenvalue weighted by molar-refractivity contribution is -0.0795. The maximum atomic E-state index is 10.7. The molecule has 2 heterocycles. The van der Waals surface area contributed by atoms with Crippen LogP contribution in [0.2, 0.25) is 0 Å². The van der Waals surface area contributed by atoms with Crippen molar-refractivity contribution >= 4 is 17.2 Å². The second-order valence-corrected chi connectivity index (χ2v) is 8.47. The summed E-state index contributed by atoms with van der Waals surface area (Å²) in [6, 6.07) is 22.4. The third-order valence-corrected chi connectivity index (χ3v) is 5.28. The van der Waals surface area contributed by atoms with E-state index in [9.17, 15) is 13.2 Å². The van der Waals surface area contributed by atoms with Gasteiger partial charge in [-0.15, -0.1) is 0 Å². The van der Waals surface area contributed by atoms with E-state index in [4.69, 9.17) is 0 Å². The van der Waals surface area contributed by atoms with Crippen LogP contribution in [-0.4, -0.2) is 27.8 Å². The molecule has 0 spiro atoms. The molecule has 0 aliphatic carbocycles. The summed E-state index contributed by atoms with van der Waals surface area (Å²) in [5, 5.41) is 9.42. The predicted molar refractivity (Wildman–Crippen MR) is 159 cm³/mol. The molecule has 0 amide bonds. The van der Waals surface area contributed by atoms with Crippen LogP contribution in [0.25, 0.3) is 5.70 Å². The standard InChI is InChI=1S/C19H21N5.C9H11N.C3H3F3/c1-15(22-12-17-9-6-10-21-11-17)19-23-18(20-2)14-24(19)13-16-7-4-3-5-8-16;1-3-10-9-6-4-8(2)5-7-9;1-2-3(4,5)6/h3-11,14,20,22H,1,12-13H2,2H3;3-7,10H,1H2,2H3;2H,1H2. The molecule has 4 rings (SSSR count). The minimum Gasteiger partial charge on any atom is -0.378 e. The van der Waals surface area contributed by atoms with Gasteiger partial charge in [0, 0.05) is 50.5 Å². The van der Waals surface area contributed by atoms with Crippen LogP contribution in [-0.2, 0) is 13.1 Å². The number of aromatic nitrogens is 3. The number of nitrogens with one attached hydrogen (secondary N) is 3. The quantitative estimate of drug-likeness (QED) is 0.190. The highest BCUT2D eigenvalue weighted by molar-refractivity contribution is 5.58. The molecule has 0 aliphatic rings. The van der Waals surface area contributed by atoms with E-state index in [1.54, 1.807) is 12.4 Å². The van der Waals surface area contributed by atoms with Crippen LogP contribution in [0.1, 0.15) is 22.5 Å². The Bertz CT molecular complexity index is 1310. The van der Waals surface area contributed by atoms with Gasteiger partial charge in [-0.2, -0.15) is 13.2 Å². The highest BCUT2D eigenvalue weighted by Gasteiger charge is 2.19. The van der Waals surface area contributed by atoms with Crippen LogP contribution < -0.4 is 16.0 Å². The lowest BCUT2D eigenvalue weighted by Crippen LogP contribution is -2.15. The topological polar surface area (TPSA) is 66.8 Å². The predicted octanol–water partition coefficient (Wildman–Crippen LogP) is 7.41. The van der Waals surface area contributed by atoms with Gasteiger partial charge >= 0.3 is 6.18 Å². The number of pyridine rings is 1. The van der Waals surface area contributed by atoms with Crippen molar-refractivity contribution < 1.29 is 13.2 Å². The van der Waals surface area contributed by atoms with E-state index in [1.807, 2.05) is 61.9 Å². The fourth-order valence-electron chi connectivity index (χ4n) is 3.24. The summed E-state index contributed by atoms with van der Waals surface area (Å²) in [6.45, 7) is 13.7. The van der Waals surface area contributed by atoms with E-state index < -0.39 is 6.18 Å². The zero-order chi connectivity index (χ0) is 29.4. The molecule has 210 valence electrons. The van der Waals surface area contributed by atoms with Crippen molar-refractivity contribution in [2.24, 2.45) is 0 Å². The van der Waals surface area contributed by atoms with Crippen LogP contribution in [0.15, 0.2) is 117 Å². The number of hydrogen-bond donors (Lipinski definition) is 3. The zero-order valence-corrected chi connectivity index (χ0v) is 22.7. The lowest BCUT2D eigenvalue weighted by Gasteiger charge is -2.12. The van der Waals surface area contributed by atoms with Crippen molar-refractivity contribution in [2.75, 3.05) is 17.7 Å². The first-order valence-electron chi connectivity index (χ1n) is 12.4. The first-order chi connectivity index (χ1) is 19.1. The van der Waals surface area contributed by atoms with Crippen LogP contribution in [0.4, 0.5) is 24.7 Å². The molecule has 2 aromatic carbocycles. The van der Waals surface area contributed by atoms with Crippen LogP contribution in [0.3, 0.4) is 0 Å². The Morgan fingerprint density at radius 3 is 2.17 bits per heavy atom. The molecule has 0 atom stereocenters. The maximum Gasteiger partial charge on any atom is 0.409 e. The Morgan fingerprint density at radius 1 is 0.975 bits per heavy atom. The molecule has 0 saturated heterocycles. The Kier molecular flexibility index (Phi) is 12.8. The highest BCUT2D eigenvalue weighted by atomic mass is 19.4. The van der Waals surface area contributed by atoms with Gasteiger partial charge in [0.1, 0.15) is 5.82 Å². The summed E-state index contributed by atoms with van der Waals surface area (Å²) in [6.07, 6.45) is 3.02. The van der Waals surface area contributed by atoms with Gasteiger partial charge in [-0.25, -0.2) is 4.98 Å². The van der Waals surface area contributed by atoms with Crippen molar-refractivity contribution in [2.45, 2.75) is 26.2 Å². The minimum absolute atomic E-state index is 0.0625. The molecule has 6 nitrogen and oxygen atoms in total. The van der Waals surface area contributed by atoms with E-state index in [0.717, 1.165) is 35.1 Å². The molecule has 3 N–H and O–H groups in total. The third kappa shape index (κ3) is 11.7. The summed E-state index contributed by atoms with van der Waals surface area (Å²) in [7, 11) is 1.87. The van der Waals surface area contributed by atoms with Crippen molar-refractivity contribution in [3.63, 3.8) is 0 Å². The Morgan fingerprint density at radius 2 is 1.62 bits per heavy atom. The number of anilines is 2. The van der Waals surface area contributed by atoms with Crippen LogP contribution >= 0.6 is 0 Å². The Balaban J connectivity index is 0.000000288. The summed E-state index contributed by atoms with van der Waals surface area (Å²) < 4.78 is 34.1. The number of alkyl halides is 3. The number of halogens is 3. The van der Waals surface area contributed by atoms with Gasteiger partial charge in [0.25, 0.3) is 0 Å². The first-order valence-corrected chi connectivity index (χ1v) is 12.4. The number of benzene rings is 2. The van der Waals surface area contributed by atoms with Crippen LogP contribution in [0, 0.1) is 6.92 Å². The monoisotopic (exact) mass is 548 g/mol. The third-order valence-electron chi connectivity index (χ3n) is 5.28. The molecule has 0 aliphatic heterocycles. The van der Waals surface area contributed by atoms with E-state index in [2.05, 4.69) is 81.4 Å². The molecule has 4 aromatic rings. The number of rotatable bonds is 9. The van der Waals surface area contributed by atoms with Gasteiger partial charge in [-0.05, 0) is 42.4 Å².